The highest BCUT2D eigenvalue weighted by Crippen LogP contribution is 2.44. The van der Waals surface area contributed by atoms with Gasteiger partial charge in [-0.2, -0.15) is 0 Å². The molecule has 0 spiro atoms. The number of alkyl halides is 3. The Kier molecular flexibility index (Phi) is 7.41. The number of nitrogens with zero attached hydrogens (tertiary/aromatic N) is 2. The van der Waals surface area contributed by atoms with Gasteiger partial charge in [-0.3, -0.25) is 14.2 Å². The average molecular weight is 537 g/mol. The summed E-state index contributed by atoms with van der Waals surface area (Å²) in [6, 6.07) is 6.61. The van der Waals surface area contributed by atoms with E-state index in [9.17, 15) is 18.3 Å². The van der Waals surface area contributed by atoms with Crippen LogP contribution in [0.2, 0.25) is 0 Å². The molecule has 0 saturated carbocycles. The van der Waals surface area contributed by atoms with Gasteiger partial charge in [0.2, 0.25) is 0 Å². The largest absolute Gasteiger partial charge is 0.390 e. The molecular weight excluding hydrogens is 503 g/mol. The zero-order valence-electron chi connectivity index (χ0n) is 21.5. The van der Waals surface area contributed by atoms with Gasteiger partial charge < -0.3 is 15.4 Å². The molecule has 2 aromatic carbocycles. The Morgan fingerprint density at radius 2 is 1.84 bits per heavy atom. The summed E-state index contributed by atoms with van der Waals surface area (Å²) < 4.78 is 72.8. The molecule has 206 valence electrons. The molecule has 38 heavy (non-hydrogen) atoms. The summed E-state index contributed by atoms with van der Waals surface area (Å²) in [5.41, 5.74) is 3.07. The Labute approximate surface area is 218 Å². The van der Waals surface area contributed by atoms with Gasteiger partial charge in [0.15, 0.2) is 0 Å². The van der Waals surface area contributed by atoms with Crippen LogP contribution in [-0.2, 0) is 6.42 Å². The van der Waals surface area contributed by atoms with Gasteiger partial charge in [-0.15, -0.1) is 0 Å². The minimum atomic E-state index is -3.45. The summed E-state index contributed by atoms with van der Waals surface area (Å²) in [6.45, 7) is 3.02. The van der Waals surface area contributed by atoms with Crippen molar-refractivity contribution in [2.45, 2.75) is 50.7 Å². The van der Waals surface area contributed by atoms with Gasteiger partial charge >= 0.3 is 0 Å². The molecule has 3 aromatic rings. The fraction of sp³-hybridized carbons (Fsp3) is 0.500. The minimum Gasteiger partial charge on any atom is -0.390 e. The van der Waals surface area contributed by atoms with Crippen LogP contribution < -0.4 is 5.32 Å². The summed E-state index contributed by atoms with van der Waals surface area (Å²) in [5, 5.41) is 13.3. The van der Waals surface area contributed by atoms with Crippen LogP contribution in [0.3, 0.4) is 0 Å². The maximum atomic E-state index is 15.7. The topological polar surface area (TPSA) is 54.5 Å². The van der Waals surface area contributed by atoms with Gasteiger partial charge in [-0.1, -0.05) is 12.1 Å². The summed E-state index contributed by atoms with van der Waals surface area (Å²) >= 11 is 0. The van der Waals surface area contributed by atoms with Crippen LogP contribution in [0.4, 0.5) is 27.6 Å². The van der Waals surface area contributed by atoms with E-state index in [-0.39, 0.29) is 24.0 Å². The summed E-state index contributed by atoms with van der Waals surface area (Å²) in [4.78, 5) is 6.71. The van der Waals surface area contributed by atoms with Crippen molar-refractivity contribution in [1.82, 2.24) is 14.8 Å². The third-order valence-corrected chi connectivity index (χ3v) is 7.70. The highest BCUT2D eigenvalue weighted by molar-refractivity contribution is 5.86. The number of aliphatic hydroxyl groups excluding tert-OH is 1. The molecule has 5 rings (SSSR count). The molecule has 0 radical (unpaired) electrons. The molecular formula is C28H33F5N4O. The fourth-order valence-corrected chi connectivity index (χ4v) is 5.84. The van der Waals surface area contributed by atoms with Crippen molar-refractivity contribution in [2.75, 3.05) is 44.8 Å². The Morgan fingerprint density at radius 3 is 2.50 bits per heavy atom. The number of H-pyrrole nitrogens is 1. The van der Waals surface area contributed by atoms with E-state index in [1.807, 2.05) is 25.1 Å². The van der Waals surface area contributed by atoms with Crippen molar-refractivity contribution in [3.63, 3.8) is 0 Å². The van der Waals surface area contributed by atoms with Gasteiger partial charge in [0.25, 0.3) is 5.92 Å². The Hall–Kier alpha value is -2.69. The molecule has 0 amide bonds. The predicted molar refractivity (Wildman–Crippen MR) is 138 cm³/mol. The van der Waals surface area contributed by atoms with E-state index in [0.717, 1.165) is 22.0 Å². The normalized spacial score (nSPS) is 21.1. The number of aliphatic hydroxyl groups is 1. The maximum absolute atomic E-state index is 15.7. The van der Waals surface area contributed by atoms with E-state index >= 15 is 8.78 Å². The second-order valence-corrected chi connectivity index (χ2v) is 10.7. The van der Waals surface area contributed by atoms with Crippen molar-refractivity contribution in [3.05, 3.63) is 64.4 Å². The number of aromatic amines is 1. The standard InChI is InChI=1S/C28H33F5N4O/c1-16-4-5-20-21-9-17(2)37(14-28(32,33)15-38)27(26(21)35-24(20)8-16)25-22(30)10-18(11-23(25)31)34-19-12-36(13-19)7-3-6-29/h4-5,8,10-11,17,19,27,34-35,38H,3,6-7,9,12-15H2,1-2H3. The van der Waals surface area contributed by atoms with Gasteiger partial charge in [0, 0.05) is 53.5 Å². The minimum absolute atomic E-state index is 0.0164. The number of halogens is 5. The zero-order chi connectivity index (χ0) is 27.2. The Balaban J connectivity index is 1.52. The van der Waals surface area contributed by atoms with E-state index in [4.69, 9.17) is 0 Å². The number of fused-ring (bicyclic) bond motifs is 3. The first-order valence-corrected chi connectivity index (χ1v) is 13.0. The lowest BCUT2D eigenvalue weighted by molar-refractivity contribution is -0.0869. The second-order valence-electron chi connectivity index (χ2n) is 10.7. The molecule has 2 unspecified atom stereocenters. The van der Waals surface area contributed by atoms with Gasteiger partial charge in [0.05, 0.1) is 25.3 Å². The number of rotatable bonds is 9. The Morgan fingerprint density at radius 1 is 1.13 bits per heavy atom. The number of hydrogen-bond acceptors (Lipinski definition) is 4. The van der Waals surface area contributed by atoms with Crippen LogP contribution in [0.1, 0.15) is 41.8 Å². The van der Waals surface area contributed by atoms with Crippen LogP contribution in [-0.4, -0.2) is 77.4 Å². The first kappa shape index (κ1) is 26.9. The molecule has 2 aliphatic rings. The third-order valence-electron chi connectivity index (χ3n) is 7.70. The summed E-state index contributed by atoms with van der Waals surface area (Å²) in [6.07, 6.45) is 0.867. The van der Waals surface area contributed by atoms with E-state index < -0.39 is 42.8 Å². The van der Waals surface area contributed by atoms with Crippen molar-refractivity contribution >= 4 is 16.6 Å². The van der Waals surface area contributed by atoms with Crippen LogP contribution in [0.15, 0.2) is 30.3 Å². The fourth-order valence-electron chi connectivity index (χ4n) is 5.84. The highest BCUT2D eigenvalue weighted by Gasteiger charge is 2.43. The summed E-state index contributed by atoms with van der Waals surface area (Å²) in [5.74, 6) is -5.11. The smallest absolute Gasteiger partial charge is 0.283 e. The van der Waals surface area contributed by atoms with Crippen LogP contribution in [0, 0.1) is 18.6 Å². The number of benzene rings is 2. The first-order valence-electron chi connectivity index (χ1n) is 13.0. The molecule has 3 heterocycles. The molecule has 0 aliphatic carbocycles. The van der Waals surface area contributed by atoms with Crippen molar-refractivity contribution in [3.8, 4) is 0 Å². The number of nitrogens with one attached hydrogen (secondary N) is 2. The van der Waals surface area contributed by atoms with E-state index in [0.29, 0.717) is 38.2 Å². The maximum Gasteiger partial charge on any atom is 0.283 e. The van der Waals surface area contributed by atoms with E-state index in [2.05, 4.69) is 15.2 Å². The Bertz CT molecular complexity index is 1280. The van der Waals surface area contributed by atoms with E-state index in [1.165, 1.54) is 17.0 Å². The van der Waals surface area contributed by atoms with Gasteiger partial charge in [0.1, 0.15) is 18.2 Å². The molecule has 1 saturated heterocycles. The van der Waals surface area contributed by atoms with Crippen molar-refractivity contribution in [1.29, 1.82) is 0 Å². The van der Waals surface area contributed by atoms with Crippen molar-refractivity contribution < 1.29 is 27.1 Å². The number of anilines is 1. The lowest BCUT2D eigenvalue weighted by Gasteiger charge is -2.42. The van der Waals surface area contributed by atoms with Crippen LogP contribution >= 0.6 is 0 Å². The molecule has 1 fully saturated rings. The van der Waals surface area contributed by atoms with Crippen LogP contribution in [0.25, 0.3) is 10.9 Å². The number of likely N-dealkylation sites (tertiary alicyclic amines) is 1. The molecule has 2 aliphatic heterocycles. The lowest BCUT2D eigenvalue weighted by Crippen LogP contribution is -2.54. The quantitative estimate of drug-likeness (QED) is 0.330. The van der Waals surface area contributed by atoms with E-state index in [1.54, 1.807) is 6.92 Å². The first-order chi connectivity index (χ1) is 18.1. The molecule has 0 bridgehead atoms. The molecule has 3 N–H and O–H groups in total. The monoisotopic (exact) mass is 536 g/mol. The molecule has 2 atom stereocenters. The SMILES string of the molecule is Cc1ccc2c3c([nH]c2c1)C(c1c(F)cc(NC2CN(CCCF)C2)cc1F)N(CC(F)(F)CO)C(C)C3. The lowest BCUT2D eigenvalue weighted by atomic mass is 9.87. The predicted octanol–water partition coefficient (Wildman–Crippen LogP) is 5.17. The highest BCUT2D eigenvalue weighted by atomic mass is 19.3. The molecule has 1 aromatic heterocycles. The molecule has 10 heteroatoms. The summed E-state index contributed by atoms with van der Waals surface area (Å²) in [7, 11) is 0. The zero-order valence-corrected chi connectivity index (χ0v) is 21.5. The third kappa shape index (κ3) is 5.13. The van der Waals surface area contributed by atoms with Gasteiger partial charge in [-0.05, 0) is 56.0 Å². The van der Waals surface area contributed by atoms with Crippen LogP contribution in [0.5, 0.6) is 0 Å². The van der Waals surface area contributed by atoms with Gasteiger partial charge in [-0.25, -0.2) is 17.6 Å². The number of aryl methyl sites for hydroxylation is 1. The number of hydrogen-bond donors (Lipinski definition) is 3. The second kappa shape index (κ2) is 10.5. The number of aromatic nitrogens is 1. The molecule has 5 nitrogen and oxygen atoms in total. The average Bonchev–Trinajstić information content (AvgIpc) is 3.18. The van der Waals surface area contributed by atoms with Crippen molar-refractivity contribution in [2.24, 2.45) is 0 Å².